The van der Waals surface area contributed by atoms with E-state index in [0.717, 1.165) is 23.5 Å². The van der Waals surface area contributed by atoms with Crippen molar-refractivity contribution in [2.75, 3.05) is 7.11 Å². The number of rotatable bonds is 1. The predicted molar refractivity (Wildman–Crippen MR) is 68.3 cm³/mol. The normalized spacial score (nSPS) is 29.5. The van der Waals surface area contributed by atoms with Crippen LogP contribution in [0.3, 0.4) is 0 Å². The van der Waals surface area contributed by atoms with E-state index in [0.29, 0.717) is 5.11 Å². The third kappa shape index (κ3) is 1.61. The highest BCUT2D eigenvalue weighted by atomic mass is 32.1. The largest absolute Gasteiger partial charge is 0.493 e. The van der Waals surface area contributed by atoms with Gasteiger partial charge in [-0.2, -0.15) is 0 Å². The van der Waals surface area contributed by atoms with Crippen molar-refractivity contribution in [1.29, 1.82) is 0 Å². The average Bonchev–Trinajstić information content (AvgIpc) is 2.26. The van der Waals surface area contributed by atoms with Gasteiger partial charge in [-0.25, -0.2) is 0 Å². The molecule has 3 rings (SSSR count). The van der Waals surface area contributed by atoms with Crippen LogP contribution >= 0.6 is 12.2 Å². The number of hydrogen-bond donors (Lipinski definition) is 2. The van der Waals surface area contributed by atoms with E-state index in [9.17, 15) is 0 Å². The van der Waals surface area contributed by atoms with Gasteiger partial charge in [-0.15, -0.1) is 0 Å². The second kappa shape index (κ2) is 3.50. The first-order valence-corrected chi connectivity index (χ1v) is 5.97. The Bertz CT molecular complexity index is 491. The fraction of sp³-hybridized carbons (Fsp3) is 0.417. The van der Waals surface area contributed by atoms with Gasteiger partial charge in [0.05, 0.1) is 13.2 Å². The highest BCUT2D eigenvalue weighted by molar-refractivity contribution is 7.80. The van der Waals surface area contributed by atoms with Crippen molar-refractivity contribution < 1.29 is 9.47 Å². The minimum atomic E-state index is -0.450. The van der Waals surface area contributed by atoms with Crippen LogP contribution in [0.2, 0.25) is 0 Å². The Kier molecular flexibility index (Phi) is 2.19. The van der Waals surface area contributed by atoms with Crippen LogP contribution in [0, 0.1) is 0 Å². The van der Waals surface area contributed by atoms with Crippen molar-refractivity contribution in [1.82, 2.24) is 10.6 Å². The maximum absolute atomic E-state index is 6.02. The number of para-hydroxylation sites is 1. The Morgan fingerprint density at radius 1 is 1.53 bits per heavy atom. The number of thiocarbonyl (C=S) groups is 1. The summed E-state index contributed by atoms with van der Waals surface area (Å²) in [5, 5.41) is 7.06. The molecule has 0 aliphatic carbocycles. The second-order valence-electron chi connectivity index (χ2n) is 4.57. The molecule has 1 saturated heterocycles. The highest BCUT2D eigenvalue weighted by Crippen LogP contribution is 2.45. The summed E-state index contributed by atoms with van der Waals surface area (Å²) in [5.41, 5.74) is 0.653. The fourth-order valence-corrected chi connectivity index (χ4v) is 2.84. The van der Waals surface area contributed by atoms with E-state index < -0.39 is 5.72 Å². The molecule has 0 amide bonds. The van der Waals surface area contributed by atoms with E-state index in [1.165, 1.54) is 0 Å². The third-order valence-corrected chi connectivity index (χ3v) is 3.43. The number of ether oxygens (including phenoxy) is 2. The van der Waals surface area contributed by atoms with Crippen molar-refractivity contribution in [2.45, 2.75) is 25.1 Å². The monoisotopic (exact) mass is 250 g/mol. The molecule has 0 radical (unpaired) electrons. The first-order valence-electron chi connectivity index (χ1n) is 5.56. The van der Waals surface area contributed by atoms with Crippen LogP contribution in [-0.2, 0) is 0 Å². The summed E-state index contributed by atoms with van der Waals surface area (Å²) in [5.74, 6) is 1.56. The van der Waals surface area contributed by atoms with Crippen LogP contribution in [-0.4, -0.2) is 17.9 Å². The lowest BCUT2D eigenvalue weighted by Crippen LogP contribution is -2.62. The smallest absolute Gasteiger partial charge is 0.182 e. The molecule has 2 bridgehead atoms. The molecular formula is C12H14N2O2S. The van der Waals surface area contributed by atoms with Gasteiger partial charge >= 0.3 is 0 Å². The molecule has 2 aliphatic heterocycles. The van der Waals surface area contributed by atoms with E-state index in [-0.39, 0.29) is 6.04 Å². The number of nitrogens with one attached hydrogen (secondary N) is 2. The molecule has 2 atom stereocenters. The zero-order valence-corrected chi connectivity index (χ0v) is 10.6. The van der Waals surface area contributed by atoms with E-state index in [4.69, 9.17) is 21.7 Å². The summed E-state index contributed by atoms with van der Waals surface area (Å²) in [7, 11) is 1.65. The zero-order chi connectivity index (χ0) is 12.0. The molecule has 1 fully saturated rings. The van der Waals surface area contributed by atoms with Gasteiger partial charge in [0, 0.05) is 12.0 Å². The van der Waals surface area contributed by atoms with Crippen LogP contribution in [0.25, 0.3) is 0 Å². The summed E-state index contributed by atoms with van der Waals surface area (Å²) in [4.78, 5) is 0. The Morgan fingerprint density at radius 3 is 3.12 bits per heavy atom. The van der Waals surface area contributed by atoms with Gasteiger partial charge < -0.3 is 20.1 Å². The highest BCUT2D eigenvalue weighted by Gasteiger charge is 2.43. The molecular weight excluding hydrogens is 236 g/mol. The first-order chi connectivity index (χ1) is 8.11. The van der Waals surface area contributed by atoms with Crippen molar-refractivity contribution in [3.8, 4) is 11.5 Å². The summed E-state index contributed by atoms with van der Waals surface area (Å²) in [6.45, 7) is 2.00. The SMILES string of the molecule is COc1cccc2c1O[C@@]1(C)C[C@H]2NC(=S)N1. The number of fused-ring (bicyclic) bond motifs is 4. The minimum absolute atomic E-state index is 0.188. The topological polar surface area (TPSA) is 42.5 Å². The van der Waals surface area contributed by atoms with Crippen LogP contribution in [0.4, 0.5) is 0 Å². The fourth-order valence-electron chi connectivity index (χ4n) is 2.48. The van der Waals surface area contributed by atoms with Crippen LogP contribution in [0.5, 0.6) is 11.5 Å². The molecule has 0 saturated carbocycles. The summed E-state index contributed by atoms with van der Waals surface area (Å²) in [6.07, 6.45) is 0.841. The second-order valence-corrected chi connectivity index (χ2v) is 4.97. The van der Waals surface area contributed by atoms with E-state index in [2.05, 4.69) is 10.6 Å². The Morgan fingerprint density at radius 2 is 2.35 bits per heavy atom. The molecule has 0 aromatic heterocycles. The molecule has 4 nitrogen and oxygen atoms in total. The molecule has 0 unspecified atom stereocenters. The van der Waals surface area contributed by atoms with E-state index in [1.54, 1.807) is 7.11 Å². The van der Waals surface area contributed by atoms with Gasteiger partial charge in [0.15, 0.2) is 22.3 Å². The Hall–Kier alpha value is -1.49. The van der Waals surface area contributed by atoms with Crippen molar-refractivity contribution in [3.05, 3.63) is 23.8 Å². The average molecular weight is 250 g/mol. The Balaban J connectivity index is 2.12. The molecule has 2 N–H and O–H groups in total. The number of hydrogen-bond acceptors (Lipinski definition) is 3. The van der Waals surface area contributed by atoms with Gasteiger partial charge in [0.25, 0.3) is 0 Å². The maximum Gasteiger partial charge on any atom is 0.182 e. The zero-order valence-electron chi connectivity index (χ0n) is 9.74. The molecule has 17 heavy (non-hydrogen) atoms. The van der Waals surface area contributed by atoms with E-state index in [1.807, 2.05) is 25.1 Å². The lowest BCUT2D eigenvalue weighted by atomic mass is 9.92. The van der Waals surface area contributed by atoms with Gasteiger partial charge in [-0.3, -0.25) is 0 Å². The summed E-state index contributed by atoms with van der Waals surface area (Å²) in [6, 6.07) is 6.11. The lowest BCUT2D eigenvalue weighted by Gasteiger charge is -2.45. The summed E-state index contributed by atoms with van der Waals surface area (Å²) < 4.78 is 11.4. The van der Waals surface area contributed by atoms with Crippen molar-refractivity contribution >= 4 is 17.3 Å². The molecule has 1 aromatic rings. The molecule has 1 aromatic carbocycles. The van der Waals surface area contributed by atoms with Crippen LogP contribution < -0.4 is 20.1 Å². The van der Waals surface area contributed by atoms with Gasteiger partial charge in [0.2, 0.25) is 0 Å². The first kappa shape index (κ1) is 10.7. The third-order valence-electron chi connectivity index (χ3n) is 3.21. The number of methoxy groups -OCH3 is 1. The molecule has 2 aliphatic rings. The Labute approximate surface area is 105 Å². The van der Waals surface area contributed by atoms with Gasteiger partial charge in [-0.1, -0.05) is 12.1 Å². The number of benzene rings is 1. The van der Waals surface area contributed by atoms with Crippen LogP contribution in [0.15, 0.2) is 18.2 Å². The minimum Gasteiger partial charge on any atom is -0.493 e. The van der Waals surface area contributed by atoms with Gasteiger partial charge in [-0.05, 0) is 25.2 Å². The van der Waals surface area contributed by atoms with E-state index >= 15 is 0 Å². The molecule has 90 valence electrons. The molecule has 2 heterocycles. The predicted octanol–water partition coefficient (Wildman–Crippen LogP) is 1.71. The van der Waals surface area contributed by atoms with Crippen molar-refractivity contribution in [2.24, 2.45) is 0 Å². The van der Waals surface area contributed by atoms with Crippen LogP contribution in [0.1, 0.15) is 24.9 Å². The lowest BCUT2D eigenvalue weighted by molar-refractivity contribution is 0.0222. The standard InChI is InChI=1S/C12H14N2O2S/c1-12-6-8(13-11(17)14-12)7-4-3-5-9(15-2)10(7)16-12/h3-5,8H,6H2,1-2H3,(H2,13,14,17)/t8-,12+/m1/s1. The molecule has 5 heteroatoms. The maximum atomic E-state index is 6.02. The van der Waals surface area contributed by atoms with Crippen molar-refractivity contribution in [3.63, 3.8) is 0 Å². The summed E-state index contributed by atoms with van der Waals surface area (Å²) >= 11 is 5.19. The van der Waals surface area contributed by atoms with Gasteiger partial charge in [0.1, 0.15) is 0 Å². The quantitative estimate of drug-likeness (QED) is 0.743. The molecule has 0 spiro atoms.